The van der Waals surface area contributed by atoms with Crippen LogP contribution in [0.15, 0.2) is 231 Å². The van der Waals surface area contributed by atoms with Gasteiger partial charge in [0.05, 0.1) is 22.1 Å². The number of para-hydroxylation sites is 4. The van der Waals surface area contributed by atoms with E-state index in [9.17, 15) is 0 Å². The third kappa shape index (κ3) is 5.50. The molecule has 0 N–H and O–H groups in total. The molecule has 12 rings (SSSR count). The van der Waals surface area contributed by atoms with Crippen molar-refractivity contribution in [3.05, 3.63) is 231 Å². The van der Waals surface area contributed by atoms with Crippen molar-refractivity contribution in [1.29, 1.82) is 0 Å². The van der Waals surface area contributed by atoms with Gasteiger partial charge in [-0.2, -0.15) is 0 Å². The van der Waals surface area contributed by atoms with Gasteiger partial charge in [-0.3, -0.25) is 0 Å². The second-order valence-electron chi connectivity index (χ2n) is 15.7. The molecule has 0 radical (unpaired) electrons. The van der Waals surface area contributed by atoms with Gasteiger partial charge in [0, 0.05) is 32.9 Å². The summed E-state index contributed by atoms with van der Waals surface area (Å²) in [4.78, 5) is 0. The molecule has 0 spiro atoms. The predicted octanol–water partition coefficient (Wildman–Crippen LogP) is 15.7. The summed E-state index contributed by atoms with van der Waals surface area (Å²) in [5.41, 5.74) is 17.0. The summed E-state index contributed by atoms with van der Waals surface area (Å²) < 4.78 is 4.76. The minimum atomic E-state index is 1.17. The number of hydrogen-bond donors (Lipinski definition) is 0. The molecule has 2 heterocycles. The monoisotopic (exact) mass is 762 g/mol. The maximum Gasteiger partial charge on any atom is 0.0547 e. The lowest BCUT2D eigenvalue weighted by Gasteiger charge is -2.11. The molecule has 280 valence electrons. The van der Waals surface area contributed by atoms with Crippen LogP contribution >= 0.6 is 0 Å². The minimum absolute atomic E-state index is 1.17. The zero-order valence-electron chi connectivity index (χ0n) is 32.8. The lowest BCUT2D eigenvalue weighted by molar-refractivity contribution is 1.18. The third-order valence-electron chi connectivity index (χ3n) is 12.3. The molecule has 2 nitrogen and oxygen atoms in total. The van der Waals surface area contributed by atoms with Crippen LogP contribution in [0.5, 0.6) is 0 Å². The summed E-state index contributed by atoms with van der Waals surface area (Å²) in [6.45, 7) is 0. The molecule has 0 saturated heterocycles. The summed E-state index contributed by atoms with van der Waals surface area (Å²) in [7, 11) is 0. The Morgan fingerprint density at radius 2 is 0.583 bits per heavy atom. The van der Waals surface area contributed by atoms with Gasteiger partial charge in [-0.15, -0.1) is 0 Å². The van der Waals surface area contributed by atoms with E-state index in [2.05, 4.69) is 240 Å². The minimum Gasteiger partial charge on any atom is -0.309 e. The Bertz CT molecular complexity index is 3310. The first-order chi connectivity index (χ1) is 29.8. The molecule has 10 aromatic carbocycles. The van der Waals surface area contributed by atoms with Gasteiger partial charge >= 0.3 is 0 Å². The van der Waals surface area contributed by atoms with Gasteiger partial charge in [0.1, 0.15) is 0 Å². The van der Waals surface area contributed by atoms with E-state index in [0.717, 1.165) is 0 Å². The Labute approximate surface area is 348 Å². The molecule has 0 aliphatic carbocycles. The van der Waals surface area contributed by atoms with Crippen molar-refractivity contribution in [3.8, 4) is 55.9 Å². The van der Waals surface area contributed by atoms with E-state index in [1.165, 1.54) is 110 Å². The summed E-state index contributed by atoms with van der Waals surface area (Å²) in [6.07, 6.45) is 0. The Balaban J connectivity index is 0.848. The van der Waals surface area contributed by atoms with Crippen LogP contribution in [0.1, 0.15) is 0 Å². The lowest BCUT2D eigenvalue weighted by Crippen LogP contribution is -1.92. The van der Waals surface area contributed by atoms with Crippen molar-refractivity contribution in [2.75, 3.05) is 0 Å². The highest BCUT2D eigenvalue weighted by molar-refractivity contribution is 6.17. The highest BCUT2D eigenvalue weighted by atomic mass is 15.0. The van der Waals surface area contributed by atoms with Crippen LogP contribution in [0, 0.1) is 0 Å². The average molecular weight is 763 g/mol. The number of fused-ring (bicyclic) bond motifs is 7. The number of aromatic nitrogens is 2. The quantitative estimate of drug-likeness (QED) is 0.160. The Hall–Kier alpha value is -7.94. The van der Waals surface area contributed by atoms with Crippen LogP contribution in [-0.4, -0.2) is 9.13 Å². The molecule has 0 saturated carbocycles. The van der Waals surface area contributed by atoms with Gasteiger partial charge < -0.3 is 9.13 Å². The predicted molar refractivity (Wildman–Crippen MR) is 254 cm³/mol. The third-order valence-corrected chi connectivity index (χ3v) is 12.3. The maximum atomic E-state index is 2.38. The second kappa shape index (κ2) is 13.9. The van der Waals surface area contributed by atoms with Crippen molar-refractivity contribution in [2.45, 2.75) is 0 Å². The molecule has 0 bridgehead atoms. The molecule has 12 aromatic rings. The molecule has 0 amide bonds. The van der Waals surface area contributed by atoms with E-state index < -0.39 is 0 Å². The maximum absolute atomic E-state index is 2.38. The largest absolute Gasteiger partial charge is 0.309 e. The fourth-order valence-electron chi connectivity index (χ4n) is 9.52. The van der Waals surface area contributed by atoms with Gasteiger partial charge in [-0.05, 0) is 116 Å². The average Bonchev–Trinajstić information content (AvgIpc) is 3.85. The van der Waals surface area contributed by atoms with Gasteiger partial charge in [-0.1, -0.05) is 170 Å². The molecule has 2 heteroatoms. The Kier molecular flexibility index (Phi) is 7.89. The standard InChI is InChI=1S/C58H38N2/c1-3-13-47(14-4-1)59-53-21-9-7-17-51(53)57-49(19-11-23-55(57)59)41-29-25-39(26-30-41)43-33-35-46-38-44(34-36-45(46)37-43)40-27-31-42(32-28-40)50-20-12-24-56-58(50)52-18-8-10-22-54(52)60(56)48-15-5-2-6-16-48/h1-38H. The normalized spacial score (nSPS) is 11.7. The Morgan fingerprint density at radius 1 is 0.233 bits per heavy atom. The van der Waals surface area contributed by atoms with Crippen molar-refractivity contribution >= 4 is 54.4 Å². The van der Waals surface area contributed by atoms with Crippen LogP contribution in [0.3, 0.4) is 0 Å². The molecule has 2 aromatic heterocycles. The van der Waals surface area contributed by atoms with E-state index in [1.54, 1.807) is 0 Å². The summed E-state index contributed by atoms with van der Waals surface area (Å²) in [5, 5.41) is 7.56. The van der Waals surface area contributed by atoms with Crippen LogP contribution in [0.2, 0.25) is 0 Å². The van der Waals surface area contributed by atoms with Crippen molar-refractivity contribution in [1.82, 2.24) is 9.13 Å². The summed E-state index contributed by atoms with van der Waals surface area (Å²) in [5.74, 6) is 0. The fourth-order valence-corrected chi connectivity index (χ4v) is 9.52. The molecular formula is C58H38N2. The van der Waals surface area contributed by atoms with Crippen LogP contribution < -0.4 is 0 Å². The summed E-state index contributed by atoms with van der Waals surface area (Å²) >= 11 is 0. The smallest absolute Gasteiger partial charge is 0.0547 e. The molecule has 0 unspecified atom stereocenters. The fraction of sp³-hybridized carbons (Fsp3) is 0. The van der Waals surface area contributed by atoms with E-state index >= 15 is 0 Å². The number of hydrogen-bond acceptors (Lipinski definition) is 0. The highest BCUT2D eigenvalue weighted by Gasteiger charge is 2.18. The van der Waals surface area contributed by atoms with Crippen molar-refractivity contribution in [2.24, 2.45) is 0 Å². The van der Waals surface area contributed by atoms with E-state index in [4.69, 9.17) is 0 Å². The highest BCUT2D eigenvalue weighted by Crippen LogP contribution is 2.41. The van der Waals surface area contributed by atoms with Crippen LogP contribution in [-0.2, 0) is 0 Å². The Morgan fingerprint density at radius 3 is 1.02 bits per heavy atom. The molecule has 0 fully saturated rings. The number of benzene rings is 10. The first-order valence-corrected chi connectivity index (χ1v) is 20.7. The molecular weight excluding hydrogens is 725 g/mol. The lowest BCUT2D eigenvalue weighted by atomic mass is 9.94. The molecule has 0 aliphatic rings. The van der Waals surface area contributed by atoms with Gasteiger partial charge in [-0.25, -0.2) is 0 Å². The zero-order valence-corrected chi connectivity index (χ0v) is 32.8. The second-order valence-corrected chi connectivity index (χ2v) is 15.7. The van der Waals surface area contributed by atoms with E-state index in [1.807, 2.05) is 0 Å². The van der Waals surface area contributed by atoms with E-state index in [-0.39, 0.29) is 0 Å². The number of nitrogens with zero attached hydrogens (tertiary/aromatic N) is 2. The van der Waals surface area contributed by atoms with E-state index in [0.29, 0.717) is 0 Å². The zero-order chi connectivity index (χ0) is 39.6. The topological polar surface area (TPSA) is 9.86 Å². The molecule has 60 heavy (non-hydrogen) atoms. The van der Waals surface area contributed by atoms with Crippen molar-refractivity contribution < 1.29 is 0 Å². The van der Waals surface area contributed by atoms with Gasteiger partial charge in [0.25, 0.3) is 0 Å². The van der Waals surface area contributed by atoms with Crippen LogP contribution in [0.25, 0.3) is 110 Å². The van der Waals surface area contributed by atoms with Crippen LogP contribution in [0.4, 0.5) is 0 Å². The van der Waals surface area contributed by atoms with Gasteiger partial charge in [0.2, 0.25) is 0 Å². The molecule has 0 atom stereocenters. The SMILES string of the molecule is c1ccc(-n2c3ccccc3c3c(-c4ccc(-c5ccc6cc(-c7ccc(-c8cccc9c8c8ccccc8n9-c8ccccc8)cc7)ccc6c5)cc4)cccc32)cc1. The summed E-state index contributed by atoms with van der Waals surface area (Å²) in [6, 6.07) is 84.0. The van der Waals surface area contributed by atoms with Gasteiger partial charge in [0.15, 0.2) is 0 Å². The first kappa shape index (κ1) is 34.1. The first-order valence-electron chi connectivity index (χ1n) is 20.7. The van der Waals surface area contributed by atoms with Crippen molar-refractivity contribution in [3.63, 3.8) is 0 Å². The number of rotatable bonds is 6. The molecule has 0 aliphatic heterocycles.